The quantitative estimate of drug-likeness (QED) is 0.727. The minimum atomic E-state index is -1.20. The summed E-state index contributed by atoms with van der Waals surface area (Å²) in [6.45, 7) is 10.4. The summed E-state index contributed by atoms with van der Waals surface area (Å²) in [5.74, 6) is -0.722. The van der Waals surface area contributed by atoms with Crippen LogP contribution in [0.25, 0.3) is 0 Å². The van der Waals surface area contributed by atoms with Gasteiger partial charge in [-0.3, -0.25) is 0 Å². The first-order valence-corrected chi connectivity index (χ1v) is 5.24. The monoisotopic (exact) mass is 218 g/mol. The summed E-state index contributed by atoms with van der Waals surface area (Å²) in [5, 5.41) is 19.8. The summed E-state index contributed by atoms with van der Waals surface area (Å²) >= 11 is 0. The van der Waals surface area contributed by atoms with Gasteiger partial charge in [-0.1, -0.05) is 0 Å². The van der Waals surface area contributed by atoms with E-state index in [1.165, 1.54) is 0 Å². The molecule has 2 N–H and O–H groups in total. The van der Waals surface area contributed by atoms with E-state index in [1.54, 1.807) is 27.7 Å². The van der Waals surface area contributed by atoms with Crippen LogP contribution in [0.3, 0.4) is 0 Å². The van der Waals surface area contributed by atoms with E-state index >= 15 is 0 Å². The molecule has 4 nitrogen and oxygen atoms in total. The van der Waals surface area contributed by atoms with Gasteiger partial charge in [-0.15, -0.1) is 0 Å². The molecule has 1 fully saturated rings. The lowest BCUT2D eigenvalue weighted by atomic mass is 9.88. The molecule has 0 aromatic carbocycles. The Balaban J connectivity index is 2.88. The van der Waals surface area contributed by atoms with Crippen molar-refractivity contribution in [3.8, 4) is 0 Å². The lowest BCUT2D eigenvalue weighted by Gasteiger charge is -2.34. The Morgan fingerprint density at radius 1 is 1.20 bits per heavy atom. The van der Waals surface area contributed by atoms with Crippen molar-refractivity contribution in [2.75, 3.05) is 0 Å². The fourth-order valence-electron chi connectivity index (χ4n) is 1.98. The first-order chi connectivity index (χ1) is 6.46. The molecule has 0 aromatic rings. The predicted octanol–water partition coefficient (Wildman–Crippen LogP) is 1.05. The van der Waals surface area contributed by atoms with Crippen molar-refractivity contribution in [2.24, 2.45) is 0 Å². The second-order valence-electron chi connectivity index (χ2n) is 5.74. The molecule has 0 aliphatic carbocycles. The van der Waals surface area contributed by atoms with Gasteiger partial charge in [0.2, 0.25) is 0 Å². The van der Waals surface area contributed by atoms with E-state index < -0.39 is 29.2 Å². The Morgan fingerprint density at radius 2 is 1.67 bits per heavy atom. The molecule has 1 heterocycles. The predicted molar refractivity (Wildman–Crippen MR) is 56.4 cm³/mol. The van der Waals surface area contributed by atoms with Crippen LogP contribution >= 0.6 is 0 Å². The van der Waals surface area contributed by atoms with Gasteiger partial charge < -0.3 is 19.7 Å². The highest BCUT2D eigenvalue weighted by Gasteiger charge is 2.53. The Bertz CT molecular complexity index is 239. The molecular formula is C11H22O4. The van der Waals surface area contributed by atoms with Crippen molar-refractivity contribution >= 4 is 0 Å². The Labute approximate surface area is 91.2 Å². The molecular weight excluding hydrogens is 196 g/mol. The molecule has 90 valence electrons. The molecule has 2 atom stereocenters. The molecule has 1 saturated heterocycles. The van der Waals surface area contributed by atoms with Crippen molar-refractivity contribution in [3.63, 3.8) is 0 Å². The maximum absolute atomic E-state index is 10.00. The molecule has 1 rings (SSSR count). The third kappa shape index (κ3) is 2.69. The zero-order valence-electron chi connectivity index (χ0n) is 10.4. The number of aliphatic hydroxyl groups is 2. The normalized spacial score (nSPS) is 31.6. The van der Waals surface area contributed by atoms with Gasteiger partial charge in [0.05, 0.1) is 11.2 Å². The molecule has 15 heavy (non-hydrogen) atoms. The van der Waals surface area contributed by atoms with Crippen LogP contribution < -0.4 is 0 Å². The van der Waals surface area contributed by atoms with Crippen molar-refractivity contribution in [2.45, 2.75) is 70.7 Å². The highest BCUT2D eigenvalue weighted by Crippen LogP contribution is 2.39. The standard InChI is InChI=1S/C11H22O4/c1-9(2,13)7(12)8-10(3,4)15-11(5,6)14-8/h7-8,12-13H,1-6H3/t7-,8-/m1/s1. The van der Waals surface area contributed by atoms with Crippen molar-refractivity contribution in [3.05, 3.63) is 0 Å². The van der Waals surface area contributed by atoms with Crippen molar-refractivity contribution in [1.82, 2.24) is 0 Å². The summed E-state index contributed by atoms with van der Waals surface area (Å²) < 4.78 is 11.3. The van der Waals surface area contributed by atoms with Crippen LogP contribution in [-0.4, -0.2) is 39.4 Å². The first kappa shape index (κ1) is 12.9. The van der Waals surface area contributed by atoms with Crippen LogP contribution in [0, 0.1) is 0 Å². The Kier molecular flexibility index (Phi) is 2.94. The van der Waals surface area contributed by atoms with Crippen LogP contribution in [0.4, 0.5) is 0 Å². The fourth-order valence-corrected chi connectivity index (χ4v) is 1.98. The van der Waals surface area contributed by atoms with E-state index in [1.807, 2.05) is 13.8 Å². The van der Waals surface area contributed by atoms with E-state index in [2.05, 4.69) is 0 Å². The topological polar surface area (TPSA) is 58.9 Å². The summed E-state index contributed by atoms with van der Waals surface area (Å²) in [7, 11) is 0. The third-order valence-electron chi connectivity index (χ3n) is 2.62. The summed E-state index contributed by atoms with van der Waals surface area (Å²) in [5.41, 5.74) is -1.81. The van der Waals surface area contributed by atoms with Crippen LogP contribution in [0.1, 0.15) is 41.5 Å². The first-order valence-electron chi connectivity index (χ1n) is 5.24. The van der Waals surface area contributed by atoms with E-state index in [9.17, 15) is 10.2 Å². The van der Waals surface area contributed by atoms with Gasteiger partial charge in [-0.25, -0.2) is 0 Å². The van der Waals surface area contributed by atoms with Gasteiger partial charge in [0.1, 0.15) is 12.2 Å². The summed E-state index contributed by atoms with van der Waals surface area (Å²) in [6.07, 6.45) is -1.51. The summed E-state index contributed by atoms with van der Waals surface area (Å²) in [6, 6.07) is 0. The average Bonchev–Trinajstić information content (AvgIpc) is 2.15. The zero-order chi connectivity index (χ0) is 12.1. The molecule has 0 amide bonds. The van der Waals surface area contributed by atoms with Crippen LogP contribution in [-0.2, 0) is 9.47 Å². The third-order valence-corrected chi connectivity index (χ3v) is 2.62. The van der Waals surface area contributed by atoms with Gasteiger partial charge in [0.15, 0.2) is 5.79 Å². The van der Waals surface area contributed by atoms with Crippen LogP contribution in [0.2, 0.25) is 0 Å². The smallest absolute Gasteiger partial charge is 0.164 e. The molecule has 0 saturated carbocycles. The van der Waals surface area contributed by atoms with Gasteiger partial charge in [0, 0.05) is 0 Å². The molecule has 0 unspecified atom stereocenters. The molecule has 0 bridgehead atoms. The minimum absolute atomic E-state index is 0.535. The van der Waals surface area contributed by atoms with Gasteiger partial charge in [-0.05, 0) is 41.5 Å². The van der Waals surface area contributed by atoms with E-state index in [0.29, 0.717) is 0 Å². The minimum Gasteiger partial charge on any atom is -0.388 e. The second kappa shape index (κ2) is 3.42. The largest absolute Gasteiger partial charge is 0.388 e. The van der Waals surface area contributed by atoms with Crippen LogP contribution in [0.15, 0.2) is 0 Å². The highest BCUT2D eigenvalue weighted by molar-refractivity contribution is 4.98. The van der Waals surface area contributed by atoms with E-state index in [0.717, 1.165) is 0 Å². The summed E-state index contributed by atoms with van der Waals surface area (Å²) in [4.78, 5) is 0. The second-order valence-corrected chi connectivity index (χ2v) is 5.74. The van der Waals surface area contributed by atoms with E-state index in [4.69, 9.17) is 9.47 Å². The molecule has 1 aliphatic heterocycles. The van der Waals surface area contributed by atoms with E-state index in [-0.39, 0.29) is 0 Å². The molecule has 0 spiro atoms. The lowest BCUT2D eigenvalue weighted by molar-refractivity contribution is -0.173. The maximum atomic E-state index is 10.00. The van der Waals surface area contributed by atoms with Gasteiger partial charge in [-0.2, -0.15) is 0 Å². The number of rotatable bonds is 2. The molecule has 0 aromatic heterocycles. The number of ether oxygens (including phenoxy) is 2. The average molecular weight is 218 g/mol. The van der Waals surface area contributed by atoms with Crippen molar-refractivity contribution < 1.29 is 19.7 Å². The zero-order valence-corrected chi connectivity index (χ0v) is 10.4. The Hall–Kier alpha value is -0.160. The number of hydrogen-bond donors (Lipinski definition) is 2. The fraction of sp³-hybridized carbons (Fsp3) is 1.00. The van der Waals surface area contributed by atoms with Crippen LogP contribution in [0.5, 0.6) is 0 Å². The SMILES string of the molecule is CC1(C)O[C@H]([C@@H](O)C(C)(C)O)C(C)(C)O1. The molecule has 1 aliphatic rings. The molecule has 0 radical (unpaired) electrons. The van der Waals surface area contributed by atoms with Gasteiger partial charge in [0.25, 0.3) is 0 Å². The van der Waals surface area contributed by atoms with Gasteiger partial charge >= 0.3 is 0 Å². The molecule has 4 heteroatoms. The number of hydrogen-bond acceptors (Lipinski definition) is 4. The Morgan fingerprint density at radius 3 is 1.93 bits per heavy atom. The van der Waals surface area contributed by atoms with Crippen molar-refractivity contribution in [1.29, 1.82) is 0 Å². The maximum Gasteiger partial charge on any atom is 0.164 e. The highest BCUT2D eigenvalue weighted by atomic mass is 16.8. The number of aliphatic hydroxyl groups excluding tert-OH is 1. The lowest BCUT2D eigenvalue weighted by Crippen LogP contribution is -2.52.